The highest BCUT2D eigenvalue weighted by Gasteiger charge is 2.00. The summed E-state index contributed by atoms with van der Waals surface area (Å²) in [4.78, 5) is 3.43. The Hall–Kier alpha value is -1.39. The predicted octanol–water partition coefficient (Wildman–Crippen LogP) is 5.13. The zero-order valence-electron chi connectivity index (χ0n) is 10.9. The maximum atomic E-state index is 3.44. The molecule has 2 nitrogen and oxygen atoms in total. The number of aromatic nitrogens is 1. The first-order valence-electron chi connectivity index (χ1n) is 6.51. The third-order valence-corrected chi connectivity index (χ3v) is 4.51. The number of anilines is 1. The van der Waals surface area contributed by atoms with E-state index >= 15 is 0 Å². The minimum atomic E-state index is 0.946. The lowest BCUT2D eigenvalue weighted by molar-refractivity contribution is 1.19. The molecule has 0 saturated carbocycles. The molecule has 0 aliphatic heterocycles. The zero-order chi connectivity index (χ0) is 13.8. The number of benzene rings is 2. The van der Waals surface area contributed by atoms with Crippen molar-refractivity contribution in [2.45, 2.75) is 5.03 Å². The van der Waals surface area contributed by atoms with E-state index in [1.165, 1.54) is 15.9 Å². The molecule has 1 heterocycles. The van der Waals surface area contributed by atoms with E-state index < -0.39 is 0 Å². The molecule has 0 atom stereocenters. The highest BCUT2D eigenvalue weighted by molar-refractivity contribution is 9.10. The number of hydrogen-bond donors (Lipinski definition) is 2. The van der Waals surface area contributed by atoms with Crippen LogP contribution in [-0.4, -0.2) is 17.3 Å². The molecule has 0 fully saturated rings. The highest BCUT2D eigenvalue weighted by atomic mass is 79.9. The van der Waals surface area contributed by atoms with E-state index in [1.807, 2.05) is 23.9 Å². The number of halogens is 1. The molecule has 1 aromatic heterocycles. The van der Waals surface area contributed by atoms with E-state index in [9.17, 15) is 0 Å². The summed E-state index contributed by atoms with van der Waals surface area (Å²) in [6, 6.07) is 18.8. The first kappa shape index (κ1) is 13.6. The fraction of sp³-hybridized carbons (Fsp3) is 0.125. The summed E-state index contributed by atoms with van der Waals surface area (Å²) in [5.41, 5.74) is 2.36. The number of fused-ring (bicyclic) bond motifs is 1. The molecule has 102 valence electrons. The van der Waals surface area contributed by atoms with Crippen LogP contribution in [0.3, 0.4) is 0 Å². The molecule has 0 aliphatic carbocycles. The lowest BCUT2D eigenvalue weighted by Gasteiger charge is -2.05. The standard InChI is InChI=1S/C16H15BrN2S/c17-13-5-7-14(8-6-13)18-9-10-20-16-11-12-3-1-2-4-15(12)19-16/h1-8,11,18-19H,9-10H2. The van der Waals surface area contributed by atoms with Crippen molar-refractivity contribution in [2.24, 2.45) is 0 Å². The van der Waals surface area contributed by atoms with Crippen LogP contribution >= 0.6 is 27.7 Å². The van der Waals surface area contributed by atoms with Gasteiger partial charge in [0, 0.05) is 33.4 Å². The van der Waals surface area contributed by atoms with Gasteiger partial charge in [-0.15, -0.1) is 11.8 Å². The molecule has 0 amide bonds. The SMILES string of the molecule is Brc1ccc(NCCSc2cc3ccccc3[nH]2)cc1. The van der Waals surface area contributed by atoms with Crippen LogP contribution in [0.1, 0.15) is 0 Å². The van der Waals surface area contributed by atoms with Crippen LogP contribution in [0.4, 0.5) is 5.69 Å². The van der Waals surface area contributed by atoms with Gasteiger partial charge in [-0.25, -0.2) is 0 Å². The van der Waals surface area contributed by atoms with Gasteiger partial charge in [0.15, 0.2) is 0 Å². The van der Waals surface area contributed by atoms with Crippen molar-refractivity contribution in [3.8, 4) is 0 Å². The van der Waals surface area contributed by atoms with Gasteiger partial charge >= 0.3 is 0 Å². The summed E-state index contributed by atoms with van der Waals surface area (Å²) in [5, 5.41) is 5.92. The van der Waals surface area contributed by atoms with Crippen LogP contribution in [0.15, 0.2) is 64.1 Å². The fourth-order valence-electron chi connectivity index (χ4n) is 2.05. The van der Waals surface area contributed by atoms with Gasteiger partial charge in [0.1, 0.15) is 0 Å². The van der Waals surface area contributed by atoms with E-state index in [4.69, 9.17) is 0 Å². The van der Waals surface area contributed by atoms with E-state index in [2.05, 4.69) is 68.7 Å². The molecule has 0 aliphatic rings. The Kier molecular flexibility index (Phi) is 4.33. The van der Waals surface area contributed by atoms with Crippen LogP contribution in [0, 0.1) is 0 Å². The minimum absolute atomic E-state index is 0.946. The number of thioether (sulfide) groups is 1. The molecule has 2 aromatic carbocycles. The topological polar surface area (TPSA) is 27.8 Å². The van der Waals surface area contributed by atoms with Crippen molar-refractivity contribution in [3.63, 3.8) is 0 Å². The van der Waals surface area contributed by atoms with E-state index in [1.54, 1.807) is 0 Å². The van der Waals surface area contributed by atoms with Gasteiger partial charge in [-0.2, -0.15) is 0 Å². The lowest BCUT2D eigenvalue weighted by atomic mass is 10.3. The molecule has 3 aromatic rings. The number of para-hydroxylation sites is 1. The molecule has 0 spiro atoms. The van der Waals surface area contributed by atoms with Crippen molar-refractivity contribution in [2.75, 3.05) is 17.6 Å². The average Bonchev–Trinajstić information content (AvgIpc) is 2.88. The Morgan fingerprint density at radius 1 is 1.05 bits per heavy atom. The predicted molar refractivity (Wildman–Crippen MR) is 91.7 cm³/mol. The second-order valence-corrected chi connectivity index (χ2v) is 6.56. The maximum Gasteiger partial charge on any atom is 0.0733 e. The van der Waals surface area contributed by atoms with Gasteiger partial charge < -0.3 is 10.3 Å². The summed E-state index contributed by atoms with van der Waals surface area (Å²) in [7, 11) is 0. The summed E-state index contributed by atoms with van der Waals surface area (Å²) in [6.07, 6.45) is 0. The van der Waals surface area contributed by atoms with Crippen LogP contribution in [0.25, 0.3) is 10.9 Å². The summed E-state index contributed by atoms with van der Waals surface area (Å²) >= 11 is 5.28. The normalized spacial score (nSPS) is 10.8. The number of rotatable bonds is 5. The van der Waals surface area contributed by atoms with Crippen LogP contribution < -0.4 is 5.32 Å². The van der Waals surface area contributed by atoms with Crippen LogP contribution in [-0.2, 0) is 0 Å². The van der Waals surface area contributed by atoms with Gasteiger partial charge in [0.05, 0.1) is 5.03 Å². The van der Waals surface area contributed by atoms with Crippen molar-refractivity contribution >= 4 is 44.3 Å². The molecule has 0 radical (unpaired) electrons. The Morgan fingerprint density at radius 2 is 1.85 bits per heavy atom. The van der Waals surface area contributed by atoms with Crippen molar-refractivity contribution < 1.29 is 0 Å². The number of hydrogen-bond acceptors (Lipinski definition) is 2. The molecular formula is C16H15BrN2S. The van der Waals surface area contributed by atoms with Gasteiger partial charge in [-0.1, -0.05) is 34.1 Å². The molecule has 4 heteroatoms. The average molecular weight is 347 g/mol. The monoisotopic (exact) mass is 346 g/mol. The lowest BCUT2D eigenvalue weighted by Crippen LogP contribution is -2.03. The summed E-state index contributed by atoms with van der Waals surface area (Å²) in [5.74, 6) is 1.03. The Bertz CT molecular complexity index is 658. The molecule has 20 heavy (non-hydrogen) atoms. The zero-order valence-corrected chi connectivity index (χ0v) is 13.3. The van der Waals surface area contributed by atoms with E-state index in [-0.39, 0.29) is 0 Å². The molecule has 0 saturated heterocycles. The Labute approximate surface area is 131 Å². The van der Waals surface area contributed by atoms with E-state index in [0.717, 1.165) is 22.5 Å². The molecular weight excluding hydrogens is 332 g/mol. The van der Waals surface area contributed by atoms with Crippen LogP contribution in [0.2, 0.25) is 0 Å². The Balaban J connectivity index is 1.51. The smallest absolute Gasteiger partial charge is 0.0733 e. The van der Waals surface area contributed by atoms with Crippen LogP contribution in [0.5, 0.6) is 0 Å². The minimum Gasteiger partial charge on any atom is -0.384 e. The molecule has 3 rings (SSSR count). The van der Waals surface area contributed by atoms with Gasteiger partial charge in [0.25, 0.3) is 0 Å². The number of aromatic amines is 1. The Morgan fingerprint density at radius 3 is 2.65 bits per heavy atom. The summed E-state index contributed by atoms with van der Waals surface area (Å²) < 4.78 is 1.11. The second-order valence-electron chi connectivity index (χ2n) is 4.50. The largest absolute Gasteiger partial charge is 0.384 e. The second kappa shape index (κ2) is 6.37. The highest BCUT2D eigenvalue weighted by Crippen LogP contribution is 2.23. The summed E-state index contributed by atoms with van der Waals surface area (Å²) in [6.45, 7) is 0.946. The van der Waals surface area contributed by atoms with Crippen molar-refractivity contribution in [1.29, 1.82) is 0 Å². The third-order valence-electron chi connectivity index (χ3n) is 3.04. The molecule has 0 unspecified atom stereocenters. The first-order valence-corrected chi connectivity index (χ1v) is 8.29. The molecule has 2 N–H and O–H groups in total. The third kappa shape index (κ3) is 3.38. The number of nitrogens with one attached hydrogen (secondary N) is 2. The maximum absolute atomic E-state index is 3.44. The van der Waals surface area contributed by atoms with E-state index in [0.29, 0.717) is 0 Å². The van der Waals surface area contributed by atoms with Crippen molar-refractivity contribution in [1.82, 2.24) is 4.98 Å². The quantitative estimate of drug-likeness (QED) is 0.494. The first-order chi connectivity index (χ1) is 9.81. The van der Waals surface area contributed by atoms with Crippen molar-refractivity contribution in [3.05, 3.63) is 59.1 Å². The number of H-pyrrole nitrogens is 1. The van der Waals surface area contributed by atoms with Gasteiger partial charge in [-0.3, -0.25) is 0 Å². The van der Waals surface area contributed by atoms with Gasteiger partial charge in [0.2, 0.25) is 0 Å². The fourth-order valence-corrected chi connectivity index (χ4v) is 3.13. The van der Waals surface area contributed by atoms with Gasteiger partial charge in [-0.05, 0) is 36.4 Å². The molecule has 0 bridgehead atoms.